The molecule has 1 aromatic carbocycles. The van der Waals surface area contributed by atoms with Crippen LogP contribution in [0.3, 0.4) is 0 Å². The maximum atomic E-state index is 12.3. The number of thiophene rings is 1. The fraction of sp³-hybridized carbons (Fsp3) is 0.235. The van der Waals surface area contributed by atoms with Crippen LogP contribution in [0.2, 0.25) is 0 Å². The number of rotatable bonds is 4. The second-order valence-corrected chi connectivity index (χ2v) is 6.40. The molecule has 1 aliphatic rings. The Morgan fingerprint density at radius 1 is 1.29 bits per heavy atom. The van der Waals surface area contributed by atoms with Crippen LogP contribution >= 0.6 is 11.3 Å². The number of fused-ring (bicyclic) bond motifs is 1. The molecular weight excluding hydrogens is 282 g/mol. The first kappa shape index (κ1) is 12.7. The summed E-state index contributed by atoms with van der Waals surface area (Å²) < 4.78 is 5.60. The summed E-state index contributed by atoms with van der Waals surface area (Å²) in [5.41, 5.74) is 2.25. The van der Waals surface area contributed by atoms with Gasteiger partial charge in [-0.3, -0.25) is 4.79 Å². The lowest BCUT2D eigenvalue weighted by molar-refractivity contribution is 0.0924. The van der Waals surface area contributed by atoms with E-state index in [0.717, 1.165) is 23.8 Å². The van der Waals surface area contributed by atoms with Gasteiger partial charge < -0.3 is 9.73 Å². The number of carbonyl (C=O) groups excluding carboxylic acids is 1. The first-order valence-corrected chi connectivity index (χ1v) is 8.01. The van der Waals surface area contributed by atoms with Crippen LogP contribution in [0.5, 0.6) is 0 Å². The van der Waals surface area contributed by atoms with Crippen LogP contribution in [0.4, 0.5) is 0 Å². The Hall–Kier alpha value is -2.07. The van der Waals surface area contributed by atoms with Crippen LogP contribution in [-0.4, -0.2) is 12.5 Å². The lowest BCUT2D eigenvalue weighted by atomic mass is 9.99. The maximum absolute atomic E-state index is 12.3. The molecule has 106 valence electrons. The van der Waals surface area contributed by atoms with Crippen LogP contribution in [0.25, 0.3) is 11.0 Å². The fourth-order valence-electron chi connectivity index (χ4n) is 2.72. The van der Waals surface area contributed by atoms with Crippen molar-refractivity contribution in [1.29, 1.82) is 0 Å². The molecule has 1 amide bonds. The van der Waals surface area contributed by atoms with Gasteiger partial charge in [-0.15, -0.1) is 0 Å². The third-order valence-electron chi connectivity index (χ3n) is 4.22. The highest BCUT2D eigenvalue weighted by Crippen LogP contribution is 2.48. The maximum Gasteiger partial charge on any atom is 0.287 e. The van der Waals surface area contributed by atoms with Gasteiger partial charge in [0.05, 0.1) is 0 Å². The molecule has 1 N–H and O–H groups in total. The van der Waals surface area contributed by atoms with Gasteiger partial charge in [-0.25, -0.2) is 0 Å². The topological polar surface area (TPSA) is 42.2 Å². The summed E-state index contributed by atoms with van der Waals surface area (Å²) in [7, 11) is 0. The zero-order valence-corrected chi connectivity index (χ0v) is 12.3. The average molecular weight is 297 g/mol. The van der Waals surface area contributed by atoms with Crippen molar-refractivity contribution in [1.82, 2.24) is 5.32 Å². The number of benzene rings is 1. The Bertz CT molecular complexity index is 751. The SMILES string of the molecule is O=C(NCC1(c2ccsc2)CC1)c1cc2ccccc2o1. The van der Waals surface area contributed by atoms with Crippen molar-refractivity contribution in [2.24, 2.45) is 0 Å². The quantitative estimate of drug-likeness (QED) is 0.792. The molecule has 0 radical (unpaired) electrons. The predicted molar refractivity (Wildman–Crippen MR) is 83.8 cm³/mol. The molecule has 0 atom stereocenters. The normalized spacial score (nSPS) is 16.0. The van der Waals surface area contributed by atoms with E-state index < -0.39 is 0 Å². The molecule has 0 bridgehead atoms. The summed E-state index contributed by atoms with van der Waals surface area (Å²) in [5.74, 6) is 0.255. The minimum atomic E-state index is -0.132. The second kappa shape index (κ2) is 4.74. The standard InChI is InChI=1S/C17H15NO2S/c19-16(15-9-12-3-1-2-4-14(12)20-15)18-11-17(6-7-17)13-5-8-21-10-13/h1-5,8-10H,6-7,11H2,(H,18,19). The van der Waals surface area contributed by atoms with E-state index in [1.807, 2.05) is 24.3 Å². The predicted octanol–water partition coefficient (Wildman–Crippen LogP) is 3.96. The molecule has 0 saturated heterocycles. The molecule has 0 unspecified atom stereocenters. The van der Waals surface area contributed by atoms with Crippen molar-refractivity contribution in [3.8, 4) is 0 Å². The van der Waals surface area contributed by atoms with Gasteiger partial charge in [0.15, 0.2) is 5.76 Å². The molecular formula is C17H15NO2S. The third kappa shape index (κ3) is 2.25. The number of carbonyl (C=O) groups is 1. The zero-order valence-electron chi connectivity index (χ0n) is 11.5. The number of nitrogens with one attached hydrogen (secondary N) is 1. The Labute approximate surface area is 126 Å². The van der Waals surface area contributed by atoms with E-state index >= 15 is 0 Å². The summed E-state index contributed by atoms with van der Waals surface area (Å²) in [6, 6.07) is 11.6. The highest BCUT2D eigenvalue weighted by Gasteiger charge is 2.44. The molecule has 3 aromatic rings. The Morgan fingerprint density at radius 3 is 2.86 bits per heavy atom. The molecule has 4 heteroatoms. The van der Waals surface area contributed by atoms with Crippen LogP contribution in [0.1, 0.15) is 29.0 Å². The van der Waals surface area contributed by atoms with E-state index in [0.29, 0.717) is 12.3 Å². The first-order chi connectivity index (χ1) is 10.3. The largest absolute Gasteiger partial charge is 0.451 e. The van der Waals surface area contributed by atoms with E-state index in [1.165, 1.54) is 5.56 Å². The molecule has 21 heavy (non-hydrogen) atoms. The van der Waals surface area contributed by atoms with Crippen LogP contribution in [0.15, 0.2) is 51.6 Å². The highest BCUT2D eigenvalue weighted by molar-refractivity contribution is 7.08. The smallest absolute Gasteiger partial charge is 0.287 e. The van der Waals surface area contributed by atoms with Gasteiger partial charge in [0.2, 0.25) is 0 Å². The molecule has 1 saturated carbocycles. The van der Waals surface area contributed by atoms with E-state index in [1.54, 1.807) is 17.4 Å². The van der Waals surface area contributed by atoms with Gasteiger partial charge >= 0.3 is 0 Å². The summed E-state index contributed by atoms with van der Waals surface area (Å²) >= 11 is 1.71. The summed E-state index contributed by atoms with van der Waals surface area (Å²) in [4.78, 5) is 12.3. The number of para-hydroxylation sites is 1. The van der Waals surface area contributed by atoms with Crippen molar-refractivity contribution in [3.05, 3.63) is 58.5 Å². The molecule has 2 heterocycles. The van der Waals surface area contributed by atoms with Crippen molar-refractivity contribution in [2.45, 2.75) is 18.3 Å². The molecule has 1 aliphatic carbocycles. The summed E-state index contributed by atoms with van der Waals surface area (Å²) in [5, 5.41) is 8.26. The van der Waals surface area contributed by atoms with E-state index in [2.05, 4.69) is 22.1 Å². The van der Waals surface area contributed by atoms with Crippen LogP contribution in [-0.2, 0) is 5.41 Å². The van der Waals surface area contributed by atoms with Crippen molar-refractivity contribution >= 4 is 28.2 Å². The van der Waals surface area contributed by atoms with Gasteiger partial charge in [-0.05, 0) is 47.4 Å². The minimum Gasteiger partial charge on any atom is -0.451 e. The van der Waals surface area contributed by atoms with Crippen molar-refractivity contribution < 1.29 is 9.21 Å². The zero-order chi connectivity index (χ0) is 14.3. The van der Waals surface area contributed by atoms with Crippen LogP contribution in [0, 0.1) is 0 Å². The Morgan fingerprint density at radius 2 is 2.14 bits per heavy atom. The number of furan rings is 1. The molecule has 0 aliphatic heterocycles. The lowest BCUT2D eigenvalue weighted by Gasteiger charge is -2.14. The van der Waals surface area contributed by atoms with Gasteiger partial charge in [-0.1, -0.05) is 18.2 Å². The number of amides is 1. The van der Waals surface area contributed by atoms with E-state index in [9.17, 15) is 4.79 Å². The van der Waals surface area contributed by atoms with Gasteiger partial charge in [0.1, 0.15) is 5.58 Å². The highest BCUT2D eigenvalue weighted by atomic mass is 32.1. The lowest BCUT2D eigenvalue weighted by Crippen LogP contribution is -2.31. The molecule has 4 rings (SSSR count). The molecule has 1 fully saturated rings. The third-order valence-corrected chi connectivity index (χ3v) is 4.91. The summed E-state index contributed by atoms with van der Waals surface area (Å²) in [6.45, 7) is 0.680. The molecule has 3 nitrogen and oxygen atoms in total. The van der Waals surface area contributed by atoms with Gasteiger partial charge in [0.25, 0.3) is 5.91 Å². The van der Waals surface area contributed by atoms with Gasteiger partial charge in [0, 0.05) is 17.3 Å². The number of hydrogen-bond acceptors (Lipinski definition) is 3. The minimum absolute atomic E-state index is 0.132. The average Bonchev–Trinajstić information content (AvgIpc) is 2.95. The Balaban J connectivity index is 1.49. The van der Waals surface area contributed by atoms with E-state index in [4.69, 9.17) is 4.42 Å². The van der Waals surface area contributed by atoms with E-state index in [-0.39, 0.29) is 11.3 Å². The number of hydrogen-bond donors (Lipinski definition) is 1. The van der Waals surface area contributed by atoms with Crippen LogP contribution < -0.4 is 5.32 Å². The summed E-state index contributed by atoms with van der Waals surface area (Å²) in [6.07, 6.45) is 2.29. The van der Waals surface area contributed by atoms with Crippen molar-refractivity contribution in [2.75, 3.05) is 6.54 Å². The molecule has 0 spiro atoms. The van der Waals surface area contributed by atoms with Gasteiger partial charge in [-0.2, -0.15) is 11.3 Å². The monoisotopic (exact) mass is 297 g/mol. The molecule has 2 aromatic heterocycles. The second-order valence-electron chi connectivity index (χ2n) is 5.62. The first-order valence-electron chi connectivity index (χ1n) is 7.06. The fourth-order valence-corrected chi connectivity index (χ4v) is 3.49. The van der Waals surface area contributed by atoms with Crippen molar-refractivity contribution in [3.63, 3.8) is 0 Å². The Kier molecular flexibility index (Phi) is 2.86.